The molecule has 2 aromatic carbocycles. The number of fused-ring (bicyclic) bond motifs is 1. The molecule has 6 nitrogen and oxygen atoms in total. The van der Waals surface area contributed by atoms with E-state index in [4.69, 9.17) is 9.47 Å². The van der Waals surface area contributed by atoms with Gasteiger partial charge in [0.15, 0.2) is 0 Å². The third kappa shape index (κ3) is 3.14. The number of methoxy groups -OCH3 is 1. The molecule has 1 aliphatic rings. The fraction of sp³-hybridized carbons (Fsp3) is 0.190. The Balaban J connectivity index is 1.82. The van der Waals surface area contributed by atoms with Crippen LogP contribution in [0.2, 0.25) is 0 Å². The van der Waals surface area contributed by atoms with Crippen LogP contribution in [-0.4, -0.2) is 30.3 Å². The minimum Gasteiger partial charge on any atom is -0.498 e. The van der Waals surface area contributed by atoms with Crippen LogP contribution in [0.25, 0.3) is 10.2 Å². The number of amides is 1. The van der Waals surface area contributed by atoms with Crippen LogP contribution in [0.15, 0.2) is 65.0 Å². The molecular formula is C21H19N3O3S. The van der Waals surface area contributed by atoms with Gasteiger partial charge in [-0.25, -0.2) is 4.98 Å². The van der Waals surface area contributed by atoms with Gasteiger partial charge in [0.25, 0.3) is 5.91 Å². The van der Waals surface area contributed by atoms with Crippen LogP contribution in [0.4, 0.5) is 5.13 Å². The third-order valence-electron chi connectivity index (χ3n) is 4.38. The van der Waals surface area contributed by atoms with Crippen LogP contribution in [0, 0.1) is 0 Å². The van der Waals surface area contributed by atoms with Gasteiger partial charge in [0.2, 0.25) is 5.13 Å². The molecule has 0 saturated heterocycles. The number of ether oxygens (including phenoxy) is 2. The Hall–Kier alpha value is -3.19. The number of aromatic nitrogens is 1. The SMILES string of the molecule is CCO/C(C)=C1\C(=O)N(c2nc3ccccc3s2)N=C1c1ccc(OC)cc1. The number of nitrogens with zero attached hydrogens (tertiary/aromatic N) is 3. The fourth-order valence-electron chi connectivity index (χ4n) is 3.04. The van der Waals surface area contributed by atoms with Gasteiger partial charge in [-0.1, -0.05) is 23.5 Å². The molecule has 0 N–H and O–H groups in total. The van der Waals surface area contributed by atoms with Gasteiger partial charge in [-0.15, -0.1) is 0 Å². The molecule has 0 spiro atoms. The first-order valence-electron chi connectivity index (χ1n) is 8.89. The molecule has 0 atom stereocenters. The summed E-state index contributed by atoms with van der Waals surface area (Å²) in [6.45, 7) is 4.15. The molecule has 0 bridgehead atoms. The largest absolute Gasteiger partial charge is 0.498 e. The number of hydrogen-bond donors (Lipinski definition) is 0. The fourth-order valence-corrected chi connectivity index (χ4v) is 3.96. The summed E-state index contributed by atoms with van der Waals surface area (Å²) in [5, 5.41) is 6.52. The Morgan fingerprint density at radius 3 is 2.57 bits per heavy atom. The van der Waals surface area contributed by atoms with E-state index in [1.165, 1.54) is 16.3 Å². The molecule has 0 saturated carbocycles. The van der Waals surface area contributed by atoms with E-state index in [1.807, 2.05) is 55.5 Å². The Morgan fingerprint density at radius 1 is 1.14 bits per heavy atom. The Kier molecular flexibility index (Phi) is 4.83. The number of hydrogen-bond acceptors (Lipinski definition) is 6. The van der Waals surface area contributed by atoms with Crippen LogP contribution >= 0.6 is 11.3 Å². The number of rotatable bonds is 5. The van der Waals surface area contributed by atoms with Crippen molar-refractivity contribution in [1.29, 1.82) is 0 Å². The topological polar surface area (TPSA) is 64.0 Å². The van der Waals surface area contributed by atoms with Crippen molar-refractivity contribution in [2.24, 2.45) is 5.10 Å². The number of para-hydroxylation sites is 1. The van der Waals surface area contributed by atoms with Crippen molar-refractivity contribution in [1.82, 2.24) is 4.98 Å². The quantitative estimate of drug-likeness (QED) is 0.477. The van der Waals surface area contributed by atoms with Crippen molar-refractivity contribution in [3.8, 4) is 5.75 Å². The van der Waals surface area contributed by atoms with Crippen molar-refractivity contribution in [2.75, 3.05) is 18.7 Å². The zero-order valence-electron chi connectivity index (χ0n) is 15.8. The van der Waals surface area contributed by atoms with Crippen molar-refractivity contribution in [3.63, 3.8) is 0 Å². The zero-order chi connectivity index (χ0) is 19.7. The molecule has 0 fully saturated rings. The summed E-state index contributed by atoms with van der Waals surface area (Å²) in [6.07, 6.45) is 0. The second-order valence-corrected chi connectivity index (χ2v) is 7.13. The van der Waals surface area contributed by atoms with E-state index in [2.05, 4.69) is 10.1 Å². The number of benzene rings is 2. The lowest BCUT2D eigenvalue weighted by molar-refractivity contribution is -0.114. The summed E-state index contributed by atoms with van der Waals surface area (Å²) in [6, 6.07) is 15.2. The molecule has 0 unspecified atom stereocenters. The standard InChI is InChI=1S/C21H19N3O3S/c1-4-27-13(2)18-19(14-9-11-15(26-3)12-10-14)23-24(20(18)25)21-22-16-7-5-6-8-17(16)28-21/h5-12H,4H2,1-3H3/b18-13-. The molecule has 0 radical (unpaired) electrons. The highest BCUT2D eigenvalue weighted by Gasteiger charge is 2.36. The van der Waals surface area contributed by atoms with Gasteiger partial charge in [-0.05, 0) is 50.2 Å². The molecule has 4 rings (SSSR count). The maximum atomic E-state index is 13.2. The lowest BCUT2D eigenvalue weighted by atomic mass is 10.0. The number of carbonyl (C=O) groups is 1. The molecule has 1 aliphatic heterocycles. The summed E-state index contributed by atoms with van der Waals surface area (Å²) in [5.41, 5.74) is 2.67. The van der Waals surface area contributed by atoms with E-state index in [-0.39, 0.29) is 5.91 Å². The van der Waals surface area contributed by atoms with Gasteiger partial charge >= 0.3 is 0 Å². The number of hydrazone groups is 1. The van der Waals surface area contributed by atoms with Crippen LogP contribution < -0.4 is 9.75 Å². The van der Waals surface area contributed by atoms with Gasteiger partial charge in [0.05, 0.1) is 23.9 Å². The summed E-state index contributed by atoms with van der Waals surface area (Å²) in [4.78, 5) is 17.8. The maximum absolute atomic E-state index is 13.2. The van der Waals surface area contributed by atoms with Gasteiger partial charge in [0.1, 0.15) is 22.8 Å². The normalized spacial score (nSPS) is 15.8. The molecule has 28 heavy (non-hydrogen) atoms. The van der Waals surface area contributed by atoms with Crippen molar-refractivity contribution >= 4 is 38.3 Å². The highest BCUT2D eigenvalue weighted by atomic mass is 32.1. The van der Waals surface area contributed by atoms with Gasteiger partial charge in [0, 0.05) is 5.56 Å². The first-order chi connectivity index (χ1) is 13.6. The first kappa shape index (κ1) is 18.2. The van der Waals surface area contributed by atoms with E-state index < -0.39 is 0 Å². The van der Waals surface area contributed by atoms with Crippen molar-refractivity contribution in [2.45, 2.75) is 13.8 Å². The Bertz CT molecular complexity index is 1070. The van der Waals surface area contributed by atoms with E-state index in [0.717, 1.165) is 21.5 Å². The highest BCUT2D eigenvalue weighted by Crippen LogP contribution is 2.34. The van der Waals surface area contributed by atoms with Gasteiger partial charge in [-0.3, -0.25) is 4.79 Å². The molecule has 142 valence electrons. The van der Waals surface area contributed by atoms with E-state index in [9.17, 15) is 4.79 Å². The van der Waals surface area contributed by atoms with E-state index >= 15 is 0 Å². The highest BCUT2D eigenvalue weighted by molar-refractivity contribution is 7.22. The number of allylic oxidation sites excluding steroid dienone is 1. The first-order valence-corrected chi connectivity index (χ1v) is 9.71. The van der Waals surface area contributed by atoms with Crippen LogP contribution in [-0.2, 0) is 9.53 Å². The minimum absolute atomic E-state index is 0.240. The number of anilines is 1. The molecule has 1 amide bonds. The minimum atomic E-state index is -0.240. The van der Waals surface area contributed by atoms with Gasteiger partial charge in [-0.2, -0.15) is 10.1 Å². The Morgan fingerprint density at radius 2 is 1.89 bits per heavy atom. The average molecular weight is 393 g/mol. The third-order valence-corrected chi connectivity index (χ3v) is 5.40. The van der Waals surface area contributed by atoms with Crippen LogP contribution in [0.1, 0.15) is 19.4 Å². The lowest BCUT2D eigenvalue weighted by Gasteiger charge is -2.09. The van der Waals surface area contributed by atoms with Gasteiger partial charge < -0.3 is 9.47 Å². The summed E-state index contributed by atoms with van der Waals surface area (Å²) in [7, 11) is 1.62. The molecule has 0 aliphatic carbocycles. The molecule has 1 aromatic heterocycles. The summed E-state index contributed by atoms with van der Waals surface area (Å²) in [5.74, 6) is 1.05. The molecule has 2 heterocycles. The maximum Gasteiger partial charge on any atom is 0.286 e. The second-order valence-electron chi connectivity index (χ2n) is 6.12. The monoisotopic (exact) mass is 393 g/mol. The van der Waals surface area contributed by atoms with Crippen LogP contribution in [0.5, 0.6) is 5.75 Å². The zero-order valence-corrected chi connectivity index (χ0v) is 16.6. The molecular weight excluding hydrogens is 374 g/mol. The number of carbonyl (C=O) groups excluding carboxylic acids is 1. The van der Waals surface area contributed by atoms with Crippen molar-refractivity contribution < 1.29 is 14.3 Å². The average Bonchev–Trinajstić information content (AvgIpc) is 3.29. The molecule has 3 aromatic rings. The molecule has 7 heteroatoms. The smallest absolute Gasteiger partial charge is 0.286 e. The van der Waals surface area contributed by atoms with E-state index in [1.54, 1.807) is 14.0 Å². The van der Waals surface area contributed by atoms with E-state index in [0.29, 0.717) is 28.8 Å². The van der Waals surface area contributed by atoms with Crippen molar-refractivity contribution in [3.05, 3.63) is 65.4 Å². The predicted molar refractivity (Wildman–Crippen MR) is 111 cm³/mol. The van der Waals surface area contributed by atoms with Crippen LogP contribution in [0.3, 0.4) is 0 Å². The number of thiazole rings is 1. The summed E-state index contributed by atoms with van der Waals surface area (Å²) < 4.78 is 11.9. The second kappa shape index (κ2) is 7.44. The predicted octanol–water partition coefficient (Wildman–Crippen LogP) is 4.37. The Labute approximate surface area is 166 Å². The lowest BCUT2D eigenvalue weighted by Crippen LogP contribution is -2.22. The summed E-state index contributed by atoms with van der Waals surface area (Å²) >= 11 is 1.43.